The number of rotatable bonds is 4. The molecule has 0 amide bonds. The number of nitrogens with one attached hydrogen (secondary N) is 1. The maximum absolute atomic E-state index is 3.71. The summed E-state index contributed by atoms with van der Waals surface area (Å²) < 4.78 is 0. The first kappa shape index (κ1) is 14.4. The quantitative estimate of drug-likeness (QED) is 0.892. The fourth-order valence-electron chi connectivity index (χ4n) is 3.06. The van der Waals surface area contributed by atoms with Gasteiger partial charge in [0.25, 0.3) is 0 Å². The Bertz CT molecular complexity index is 387. The molecule has 0 bridgehead atoms. The van der Waals surface area contributed by atoms with E-state index in [1.54, 1.807) is 0 Å². The summed E-state index contributed by atoms with van der Waals surface area (Å²) in [6.45, 7) is 10.4. The van der Waals surface area contributed by atoms with E-state index >= 15 is 0 Å². The standard InChI is InChI=1S/C17H28N2/c1-4-15-8-5-6-9-17(15)19-11-7-10-18-16(13-19)12-14(2)3/h5-6,8-9,14,16,18H,4,7,10-13H2,1-3H3. The van der Waals surface area contributed by atoms with Crippen molar-refractivity contribution in [1.29, 1.82) is 0 Å². The van der Waals surface area contributed by atoms with E-state index < -0.39 is 0 Å². The van der Waals surface area contributed by atoms with Crippen LogP contribution in [-0.4, -0.2) is 25.7 Å². The molecule has 2 heteroatoms. The third-order valence-electron chi connectivity index (χ3n) is 3.95. The highest BCUT2D eigenvalue weighted by Crippen LogP contribution is 2.23. The third kappa shape index (κ3) is 3.97. The zero-order chi connectivity index (χ0) is 13.7. The van der Waals surface area contributed by atoms with Crippen LogP contribution in [0.4, 0.5) is 5.69 Å². The number of nitrogens with zero attached hydrogens (tertiary/aromatic N) is 1. The van der Waals surface area contributed by atoms with Gasteiger partial charge in [-0.2, -0.15) is 0 Å². The second kappa shape index (κ2) is 6.95. The van der Waals surface area contributed by atoms with Gasteiger partial charge < -0.3 is 10.2 Å². The van der Waals surface area contributed by atoms with E-state index in [0.29, 0.717) is 6.04 Å². The van der Waals surface area contributed by atoms with E-state index in [-0.39, 0.29) is 0 Å². The largest absolute Gasteiger partial charge is 0.370 e. The molecular weight excluding hydrogens is 232 g/mol. The highest BCUT2D eigenvalue weighted by atomic mass is 15.2. The summed E-state index contributed by atoms with van der Waals surface area (Å²) in [4.78, 5) is 2.59. The third-order valence-corrected chi connectivity index (χ3v) is 3.95. The maximum atomic E-state index is 3.71. The lowest BCUT2D eigenvalue weighted by Gasteiger charge is -2.29. The van der Waals surface area contributed by atoms with Gasteiger partial charge >= 0.3 is 0 Å². The van der Waals surface area contributed by atoms with Crippen molar-refractivity contribution in [2.24, 2.45) is 5.92 Å². The number of anilines is 1. The van der Waals surface area contributed by atoms with Crippen molar-refractivity contribution in [2.75, 3.05) is 24.5 Å². The molecular formula is C17H28N2. The molecule has 19 heavy (non-hydrogen) atoms. The number of benzene rings is 1. The van der Waals surface area contributed by atoms with Crippen LogP contribution in [0.5, 0.6) is 0 Å². The van der Waals surface area contributed by atoms with Crippen molar-refractivity contribution < 1.29 is 0 Å². The van der Waals surface area contributed by atoms with Crippen molar-refractivity contribution in [1.82, 2.24) is 5.32 Å². The van der Waals surface area contributed by atoms with Crippen molar-refractivity contribution in [2.45, 2.75) is 46.1 Å². The van der Waals surface area contributed by atoms with E-state index in [4.69, 9.17) is 0 Å². The summed E-state index contributed by atoms with van der Waals surface area (Å²) in [6.07, 6.45) is 3.63. The van der Waals surface area contributed by atoms with Gasteiger partial charge in [-0.1, -0.05) is 39.0 Å². The van der Waals surface area contributed by atoms with Crippen LogP contribution in [0.25, 0.3) is 0 Å². The molecule has 0 radical (unpaired) electrons. The second-order valence-electron chi connectivity index (χ2n) is 6.06. The molecule has 2 nitrogen and oxygen atoms in total. The molecule has 1 atom stereocenters. The summed E-state index contributed by atoms with van der Waals surface area (Å²) in [5.74, 6) is 0.763. The Morgan fingerprint density at radius 2 is 2.11 bits per heavy atom. The van der Waals surface area contributed by atoms with Gasteiger partial charge in [-0.25, -0.2) is 0 Å². The Morgan fingerprint density at radius 1 is 1.32 bits per heavy atom. The van der Waals surface area contributed by atoms with Crippen molar-refractivity contribution in [3.05, 3.63) is 29.8 Å². The molecule has 2 rings (SSSR count). The average Bonchev–Trinajstić information content (AvgIpc) is 2.63. The molecule has 1 fully saturated rings. The van der Waals surface area contributed by atoms with E-state index in [9.17, 15) is 0 Å². The molecule has 1 N–H and O–H groups in total. The minimum Gasteiger partial charge on any atom is -0.370 e. The molecule has 106 valence electrons. The molecule has 0 aliphatic carbocycles. The van der Waals surface area contributed by atoms with Crippen LogP contribution in [0.1, 0.15) is 39.2 Å². The number of hydrogen-bond donors (Lipinski definition) is 1. The molecule has 1 aliphatic rings. The Kier molecular flexibility index (Phi) is 5.26. The molecule has 1 aliphatic heterocycles. The molecule has 0 spiro atoms. The lowest BCUT2D eigenvalue weighted by Crippen LogP contribution is -2.38. The minimum absolute atomic E-state index is 0.632. The van der Waals surface area contributed by atoms with Gasteiger partial charge in [-0.15, -0.1) is 0 Å². The van der Waals surface area contributed by atoms with Crippen molar-refractivity contribution in [3.8, 4) is 0 Å². The van der Waals surface area contributed by atoms with Crippen molar-refractivity contribution in [3.63, 3.8) is 0 Å². The fourth-order valence-corrected chi connectivity index (χ4v) is 3.06. The number of hydrogen-bond acceptors (Lipinski definition) is 2. The zero-order valence-electron chi connectivity index (χ0n) is 12.7. The van der Waals surface area contributed by atoms with Gasteiger partial charge in [0.2, 0.25) is 0 Å². The topological polar surface area (TPSA) is 15.3 Å². The Labute approximate surface area is 118 Å². The lowest BCUT2D eigenvalue weighted by molar-refractivity contribution is 0.436. The molecule has 1 aromatic rings. The van der Waals surface area contributed by atoms with Gasteiger partial charge in [-0.3, -0.25) is 0 Å². The van der Waals surface area contributed by atoms with Crippen LogP contribution in [0, 0.1) is 5.92 Å². The summed E-state index contributed by atoms with van der Waals surface area (Å²) in [6, 6.07) is 9.52. The van der Waals surface area contributed by atoms with E-state index in [1.165, 1.54) is 30.6 Å². The summed E-state index contributed by atoms with van der Waals surface area (Å²) in [5, 5.41) is 3.71. The minimum atomic E-state index is 0.632. The van der Waals surface area contributed by atoms with Crippen LogP contribution in [-0.2, 0) is 6.42 Å². The predicted octanol–water partition coefficient (Wildman–Crippen LogP) is 3.46. The van der Waals surface area contributed by atoms with Gasteiger partial charge in [0.05, 0.1) is 0 Å². The first-order valence-electron chi connectivity index (χ1n) is 7.77. The zero-order valence-corrected chi connectivity index (χ0v) is 12.7. The van der Waals surface area contributed by atoms with Crippen LogP contribution < -0.4 is 10.2 Å². The Balaban J connectivity index is 2.13. The normalized spacial score (nSPS) is 20.6. The lowest BCUT2D eigenvalue weighted by atomic mass is 10.0. The van der Waals surface area contributed by atoms with Gasteiger partial charge in [0, 0.05) is 24.8 Å². The highest BCUT2D eigenvalue weighted by Gasteiger charge is 2.19. The first-order chi connectivity index (χ1) is 9.20. The molecule has 1 saturated heterocycles. The van der Waals surface area contributed by atoms with Crippen LogP contribution in [0.2, 0.25) is 0 Å². The van der Waals surface area contributed by atoms with Crippen molar-refractivity contribution >= 4 is 5.69 Å². The second-order valence-corrected chi connectivity index (χ2v) is 6.06. The molecule has 1 unspecified atom stereocenters. The maximum Gasteiger partial charge on any atom is 0.0399 e. The number of para-hydroxylation sites is 1. The first-order valence-corrected chi connectivity index (χ1v) is 7.77. The number of aryl methyl sites for hydroxylation is 1. The fraction of sp³-hybridized carbons (Fsp3) is 0.647. The molecule has 0 aromatic heterocycles. The predicted molar refractivity (Wildman–Crippen MR) is 83.9 cm³/mol. The molecule has 1 heterocycles. The van der Waals surface area contributed by atoms with E-state index in [0.717, 1.165) is 25.4 Å². The van der Waals surface area contributed by atoms with Crippen LogP contribution in [0.3, 0.4) is 0 Å². The van der Waals surface area contributed by atoms with Gasteiger partial charge in [0.1, 0.15) is 0 Å². The Hall–Kier alpha value is -1.02. The highest BCUT2D eigenvalue weighted by molar-refractivity contribution is 5.54. The van der Waals surface area contributed by atoms with Crippen LogP contribution >= 0.6 is 0 Å². The summed E-state index contributed by atoms with van der Waals surface area (Å²) >= 11 is 0. The summed E-state index contributed by atoms with van der Waals surface area (Å²) in [7, 11) is 0. The van der Waals surface area contributed by atoms with Gasteiger partial charge in [0.15, 0.2) is 0 Å². The Morgan fingerprint density at radius 3 is 2.84 bits per heavy atom. The smallest absolute Gasteiger partial charge is 0.0399 e. The van der Waals surface area contributed by atoms with E-state index in [1.807, 2.05) is 0 Å². The molecule has 0 saturated carbocycles. The van der Waals surface area contributed by atoms with Gasteiger partial charge in [-0.05, 0) is 43.4 Å². The van der Waals surface area contributed by atoms with E-state index in [2.05, 4.69) is 55.3 Å². The average molecular weight is 260 g/mol. The van der Waals surface area contributed by atoms with Crippen LogP contribution in [0.15, 0.2) is 24.3 Å². The molecule has 1 aromatic carbocycles. The SMILES string of the molecule is CCc1ccccc1N1CCCNC(CC(C)C)C1. The summed E-state index contributed by atoms with van der Waals surface area (Å²) in [5.41, 5.74) is 2.93. The monoisotopic (exact) mass is 260 g/mol.